The van der Waals surface area contributed by atoms with Gasteiger partial charge in [0, 0.05) is 17.5 Å². The molecule has 0 fully saturated rings. The molecule has 0 atom stereocenters. The normalized spacial score (nSPS) is 10.3. The number of nitrogen functional groups attached to an aromatic ring is 1. The van der Waals surface area contributed by atoms with Crippen molar-refractivity contribution in [2.45, 2.75) is 20.3 Å². The minimum atomic E-state index is 0.668. The molecule has 94 valence electrons. The fraction of sp³-hybridized carbons (Fsp3) is 0.267. The first-order chi connectivity index (χ1) is 8.70. The predicted molar refractivity (Wildman–Crippen MR) is 74.6 cm³/mol. The maximum absolute atomic E-state index is 5.98. The first-order valence-corrected chi connectivity index (χ1v) is 6.16. The Morgan fingerprint density at radius 3 is 2.56 bits per heavy atom. The van der Waals surface area contributed by atoms with Crippen LogP contribution < -0.4 is 10.5 Å². The molecule has 18 heavy (non-hydrogen) atoms. The monoisotopic (exact) mass is 242 g/mol. The lowest BCUT2D eigenvalue weighted by atomic mass is 10.1. The van der Waals surface area contributed by atoms with Crippen LogP contribution in [0.2, 0.25) is 0 Å². The van der Waals surface area contributed by atoms with Crippen molar-refractivity contribution in [3.8, 4) is 16.9 Å². The Kier molecular flexibility index (Phi) is 3.82. The lowest BCUT2D eigenvalue weighted by molar-refractivity contribution is 0.319. The lowest BCUT2D eigenvalue weighted by Gasteiger charge is -2.09. The molecule has 2 rings (SSSR count). The number of hydrogen-bond donors (Lipinski definition) is 1. The molecule has 2 aromatic rings. The van der Waals surface area contributed by atoms with E-state index in [2.05, 4.69) is 11.9 Å². The molecule has 0 aliphatic rings. The highest BCUT2D eigenvalue weighted by Crippen LogP contribution is 2.28. The molecule has 0 bridgehead atoms. The molecule has 0 aliphatic heterocycles. The molecule has 0 saturated heterocycles. The van der Waals surface area contributed by atoms with E-state index in [9.17, 15) is 0 Å². The summed E-state index contributed by atoms with van der Waals surface area (Å²) < 4.78 is 5.56. The number of benzene rings is 1. The molecule has 1 aromatic carbocycles. The smallest absolute Gasteiger partial charge is 0.142 e. The third kappa shape index (κ3) is 2.80. The Labute approximate surface area is 108 Å². The van der Waals surface area contributed by atoms with E-state index in [4.69, 9.17) is 10.5 Å². The molecular weight excluding hydrogens is 224 g/mol. The summed E-state index contributed by atoms with van der Waals surface area (Å²) in [4.78, 5) is 4.29. The molecule has 0 unspecified atom stereocenters. The van der Waals surface area contributed by atoms with Crippen LogP contribution in [0.15, 0.2) is 36.5 Å². The van der Waals surface area contributed by atoms with E-state index in [1.807, 2.05) is 43.5 Å². The zero-order valence-electron chi connectivity index (χ0n) is 10.8. The van der Waals surface area contributed by atoms with Gasteiger partial charge in [-0.2, -0.15) is 0 Å². The van der Waals surface area contributed by atoms with Crippen LogP contribution >= 0.6 is 0 Å². The molecular formula is C15H18N2O. The van der Waals surface area contributed by atoms with Crippen molar-refractivity contribution in [3.05, 3.63) is 42.2 Å². The van der Waals surface area contributed by atoms with Gasteiger partial charge in [0.25, 0.3) is 0 Å². The Bertz CT molecular complexity index is 521. The molecule has 0 saturated carbocycles. The van der Waals surface area contributed by atoms with Crippen LogP contribution in [0.1, 0.15) is 19.0 Å². The predicted octanol–water partition coefficient (Wildman–Crippen LogP) is 3.43. The average Bonchev–Trinajstić information content (AvgIpc) is 2.38. The number of nitrogens with two attached hydrogens (primary N) is 1. The van der Waals surface area contributed by atoms with Gasteiger partial charge in [-0.3, -0.25) is 4.98 Å². The van der Waals surface area contributed by atoms with Crippen LogP contribution in [0.25, 0.3) is 11.1 Å². The number of nitrogens with zero attached hydrogens (tertiary/aromatic N) is 1. The van der Waals surface area contributed by atoms with Gasteiger partial charge in [0.15, 0.2) is 0 Å². The first kappa shape index (κ1) is 12.4. The minimum Gasteiger partial charge on any atom is -0.491 e. The molecule has 0 spiro atoms. The van der Waals surface area contributed by atoms with Crippen molar-refractivity contribution in [1.29, 1.82) is 0 Å². The summed E-state index contributed by atoms with van der Waals surface area (Å²) in [6, 6.07) is 9.89. The maximum atomic E-state index is 5.98. The summed E-state index contributed by atoms with van der Waals surface area (Å²) in [5.74, 6) is 0.751. The van der Waals surface area contributed by atoms with Gasteiger partial charge >= 0.3 is 0 Å². The second-order valence-corrected chi connectivity index (χ2v) is 4.29. The molecule has 0 aliphatic carbocycles. The van der Waals surface area contributed by atoms with Crippen LogP contribution in [0.5, 0.6) is 5.75 Å². The first-order valence-electron chi connectivity index (χ1n) is 6.16. The summed E-state index contributed by atoms with van der Waals surface area (Å²) in [6.07, 6.45) is 2.83. The van der Waals surface area contributed by atoms with E-state index in [0.717, 1.165) is 29.0 Å². The van der Waals surface area contributed by atoms with E-state index in [1.165, 1.54) is 0 Å². The van der Waals surface area contributed by atoms with Crippen LogP contribution in [-0.4, -0.2) is 11.6 Å². The van der Waals surface area contributed by atoms with E-state index in [0.29, 0.717) is 12.3 Å². The highest BCUT2D eigenvalue weighted by molar-refractivity contribution is 5.70. The molecule has 1 aromatic heterocycles. The van der Waals surface area contributed by atoms with Crippen molar-refractivity contribution < 1.29 is 4.74 Å². The fourth-order valence-electron chi connectivity index (χ4n) is 1.71. The number of ether oxygens (including phenoxy) is 1. The number of rotatable bonds is 4. The van der Waals surface area contributed by atoms with Gasteiger partial charge in [-0.1, -0.05) is 19.1 Å². The van der Waals surface area contributed by atoms with Crippen molar-refractivity contribution in [3.63, 3.8) is 0 Å². The maximum Gasteiger partial charge on any atom is 0.142 e. The summed E-state index contributed by atoms with van der Waals surface area (Å²) >= 11 is 0. The minimum absolute atomic E-state index is 0.668. The van der Waals surface area contributed by atoms with E-state index < -0.39 is 0 Å². The Hall–Kier alpha value is -2.03. The number of hydrogen-bond acceptors (Lipinski definition) is 3. The van der Waals surface area contributed by atoms with Gasteiger partial charge in [-0.05, 0) is 37.1 Å². The Balaban J connectivity index is 2.25. The molecule has 0 amide bonds. The van der Waals surface area contributed by atoms with Gasteiger partial charge in [-0.15, -0.1) is 0 Å². The van der Waals surface area contributed by atoms with Gasteiger partial charge in [-0.25, -0.2) is 0 Å². The third-order valence-electron chi connectivity index (χ3n) is 2.72. The summed E-state index contributed by atoms with van der Waals surface area (Å²) in [5.41, 5.74) is 9.78. The second-order valence-electron chi connectivity index (χ2n) is 4.29. The number of anilines is 1. The van der Waals surface area contributed by atoms with Crippen LogP contribution in [-0.2, 0) is 0 Å². The molecule has 2 N–H and O–H groups in total. The second kappa shape index (κ2) is 5.54. The molecule has 3 heteroatoms. The zero-order valence-corrected chi connectivity index (χ0v) is 10.8. The van der Waals surface area contributed by atoms with Crippen LogP contribution in [0.3, 0.4) is 0 Å². The Morgan fingerprint density at radius 1 is 1.17 bits per heavy atom. The number of pyridine rings is 1. The average molecular weight is 242 g/mol. The van der Waals surface area contributed by atoms with E-state index >= 15 is 0 Å². The summed E-state index contributed by atoms with van der Waals surface area (Å²) in [6.45, 7) is 4.73. The lowest BCUT2D eigenvalue weighted by Crippen LogP contribution is -1.99. The number of aryl methyl sites for hydroxylation is 1. The van der Waals surface area contributed by atoms with E-state index in [-0.39, 0.29) is 0 Å². The third-order valence-corrected chi connectivity index (χ3v) is 2.72. The van der Waals surface area contributed by atoms with Crippen molar-refractivity contribution in [2.75, 3.05) is 12.3 Å². The highest BCUT2D eigenvalue weighted by Gasteiger charge is 2.04. The highest BCUT2D eigenvalue weighted by atomic mass is 16.5. The van der Waals surface area contributed by atoms with Gasteiger partial charge < -0.3 is 10.5 Å². The van der Waals surface area contributed by atoms with Crippen LogP contribution in [0, 0.1) is 6.92 Å². The standard InChI is InChI=1S/C15H18N2O/c1-3-8-18-15-7-6-12(9-14(15)16)13-5-4-11(2)17-10-13/h4-7,9-10H,3,8,16H2,1-2H3. The fourth-order valence-corrected chi connectivity index (χ4v) is 1.71. The van der Waals surface area contributed by atoms with Crippen LogP contribution in [0.4, 0.5) is 5.69 Å². The quantitative estimate of drug-likeness (QED) is 0.835. The zero-order chi connectivity index (χ0) is 13.0. The topological polar surface area (TPSA) is 48.1 Å². The van der Waals surface area contributed by atoms with Gasteiger partial charge in [0.2, 0.25) is 0 Å². The molecule has 0 radical (unpaired) electrons. The molecule has 1 heterocycles. The summed E-state index contributed by atoms with van der Waals surface area (Å²) in [7, 11) is 0. The molecule has 3 nitrogen and oxygen atoms in total. The van der Waals surface area contributed by atoms with Gasteiger partial charge in [0.1, 0.15) is 5.75 Å². The Morgan fingerprint density at radius 2 is 1.94 bits per heavy atom. The van der Waals surface area contributed by atoms with E-state index in [1.54, 1.807) is 0 Å². The number of aromatic nitrogens is 1. The largest absolute Gasteiger partial charge is 0.491 e. The van der Waals surface area contributed by atoms with Crippen molar-refractivity contribution in [1.82, 2.24) is 4.98 Å². The van der Waals surface area contributed by atoms with Gasteiger partial charge in [0.05, 0.1) is 12.3 Å². The van der Waals surface area contributed by atoms with Crippen molar-refractivity contribution in [2.24, 2.45) is 0 Å². The van der Waals surface area contributed by atoms with Crippen molar-refractivity contribution >= 4 is 5.69 Å². The summed E-state index contributed by atoms with van der Waals surface area (Å²) in [5, 5.41) is 0. The SMILES string of the molecule is CCCOc1ccc(-c2ccc(C)nc2)cc1N.